The van der Waals surface area contributed by atoms with Gasteiger partial charge in [-0.2, -0.15) is 0 Å². The van der Waals surface area contributed by atoms with Crippen LogP contribution >= 0.6 is 0 Å². The van der Waals surface area contributed by atoms with Gasteiger partial charge in [-0.05, 0) is 24.5 Å². The van der Waals surface area contributed by atoms with Crippen molar-refractivity contribution >= 4 is 17.9 Å². The first kappa shape index (κ1) is 25.9. The van der Waals surface area contributed by atoms with Crippen molar-refractivity contribution in [1.82, 2.24) is 14.7 Å². The van der Waals surface area contributed by atoms with Gasteiger partial charge in [0.1, 0.15) is 5.75 Å². The number of nitrogens with zero attached hydrogens (tertiary/aromatic N) is 3. The summed E-state index contributed by atoms with van der Waals surface area (Å²) in [5.41, 5.74) is 2.13. The van der Waals surface area contributed by atoms with Crippen molar-refractivity contribution in [3.05, 3.63) is 71.8 Å². The van der Waals surface area contributed by atoms with Crippen LogP contribution < -0.4 is 4.74 Å². The normalized spacial score (nSPS) is 19.3. The highest BCUT2D eigenvalue weighted by atomic mass is 16.5. The van der Waals surface area contributed by atoms with Crippen LogP contribution in [0.4, 0.5) is 0 Å². The fraction of sp³-hybridized carbons (Fsp3) is 0.448. The molecular weight excluding hydrogens is 454 g/mol. The fourth-order valence-corrected chi connectivity index (χ4v) is 4.82. The monoisotopic (exact) mass is 491 g/mol. The molecule has 4 rings (SSSR count). The van der Waals surface area contributed by atoms with E-state index in [2.05, 4.69) is 23.1 Å². The second kappa shape index (κ2) is 13.2. The summed E-state index contributed by atoms with van der Waals surface area (Å²) in [6, 6.07) is 18.0. The maximum atomic E-state index is 13.2. The molecule has 192 valence electrons. The van der Waals surface area contributed by atoms with Gasteiger partial charge in [-0.1, -0.05) is 60.7 Å². The molecule has 0 N–H and O–H groups in total. The van der Waals surface area contributed by atoms with Crippen LogP contribution in [0.15, 0.2) is 60.7 Å². The Morgan fingerprint density at radius 2 is 1.72 bits per heavy atom. The van der Waals surface area contributed by atoms with Crippen molar-refractivity contribution in [1.29, 1.82) is 0 Å². The number of carbonyl (C=O) groups excluding carboxylic acids is 2. The molecule has 0 aliphatic carbocycles. The number of para-hydroxylation sites is 1. The molecule has 2 heterocycles. The molecule has 2 fully saturated rings. The molecule has 2 aliphatic heterocycles. The predicted octanol–water partition coefficient (Wildman–Crippen LogP) is 3.45. The zero-order valence-corrected chi connectivity index (χ0v) is 21.2. The molecule has 36 heavy (non-hydrogen) atoms. The largest absolute Gasteiger partial charge is 0.496 e. The van der Waals surface area contributed by atoms with Crippen LogP contribution in [0.3, 0.4) is 0 Å². The van der Waals surface area contributed by atoms with Gasteiger partial charge in [-0.3, -0.25) is 14.5 Å². The van der Waals surface area contributed by atoms with Crippen molar-refractivity contribution in [2.24, 2.45) is 0 Å². The molecule has 1 atom stereocenters. The lowest BCUT2D eigenvalue weighted by molar-refractivity contribution is -0.131. The van der Waals surface area contributed by atoms with Gasteiger partial charge >= 0.3 is 0 Å². The number of ether oxygens (including phenoxy) is 2. The molecule has 0 bridgehead atoms. The molecule has 0 spiro atoms. The summed E-state index contributed by atoms with van der Waals surface area (Å²) in [6.45, 7) is 4.93. The molecule has 7 heteroatoms. The van der Waals surface area contributed by atoms with Crippen molar-refractivity contribution in [3.8, 4) is 5.75 Å². The maximum Gasteiger partial charge on any atom is 0.236 e. The Labute approximate surface area is 214 Å². The Bertz CT molecular complexity index is 1030. The molecule has 0 saturated carbocycles. The van der Waals surface area contributed by atoms with E-state index in [4.69, 9.17) is 9.47 Å². The maximum absolute atomic E-state index is 13.2. The standard InChI is InChI=1S/C29H37N3O4/c1-35-27-14-6-5-12-25(27)13-7-16-30-20-26(36-23-24-10-3-2-4-11-24)21-32(29(34)22-30)19-9-18-31-17-8-15-28(31)33/h2-7,10-14,26H,8-9,15-23H2,1H3. The summed E-state index contributed by atoms with van der Waals surface area (Å²) in [5, 5.41) is 0. The molecule has 2 amide bonds. The van der Waals surface area contributed by atoms with Crippen LogP contribution in [0.1, 0.15) is 30.4 Å². The molecular formula is C29H37N3O4. The molecule has 7 nitrogen and oxygen atoms in total. The number of amides is 2. The van der Waals surface area contributed by atoms with Gasteiger partial charge in [-0.15, -0.1) is 0 Å². The third-order valence-electron chi connectivity index (χ3n) is 6.75. The molecule has 2 aliphatic rings. The number of hydrogen-bond donors (Lipinski definition) is 0. The summed E-state index contributed by atoms with van der Waals surface area (Å²) in [5.74, 6) is 1.17. The zero-order valence-electron chi connectivity index (χ0n) is 21.2. The van der Waals surface area contributed by atoms with Crippen molar-refractivity contribution in [2.75, 3.05) is 52.9 Å². The third kappa shape index (κ3) is 7.42. The average Bonchev–Trinajstić information content (AvgIpc) is 3.24. The first-order chi connectivity index (χ1) is 17.6. The van der Waals surface area contributed by atoms with E-state index in [1.807, 2.05) is 58.3 Å². The van der Waals surface area contributed by atoms with E-state index in [9.17, 15) is 9.59 Å². The number of hydrogen-bond acceptors (Lipinski definition) is 5. The van der Waals surface area contributed by atoms with E-state index < -0.39 is 0 Å². The van der Waals surface area contributed by atoms with Crippen LogP contribution in [0.2, 0.25) is 0 Å². The van der Waals surface area contributed by atoms with E-state index in [1.165, 1.54) is 0 Å². The van der Waals surface area contributed by atoms with Gasteiger partial charge in [0, 0.05) is 51.3 Å². The van der Waals surface area contributed by atoms with E-state index in [0.717, 1.165) is 36.3 Å². The third-order valence-corrected chi connectivity index (χ3v) is 6.75. The van der Waals surface area contributed by atoms with E-state index in [0.29, 0.717) is 52.3 Å². The first-order valence-electron chi connectivity index (χ1n) is 12.9. The Kier molecular flexibility index (Phi) is 9.53. The van der Waals surface area contributed by atoms with Gasteiger partial charge in [0.2, 0.25) is 11.8 Å². The second-order valence-corrected chi connectivity index (χ2v) is 9.43. The highest BCUT2D eigenvalue weighted by molar-refractivity contribution is 5.79. The summed E-state index contributed by atoms with van der Waals surface area (Å²) < 4.78 is 11.8. The van der Waals surface area contributed by atoms with Gasteiger partial charge in [0.05, 0.1) is 26.4 Å². The van der Waals surface area contributed by atoms with E-state index >= 15 is 0 Å². The summed E-state index contributed by atoms with van der Waals surface area (Å²) in [6.07, 6.45) is 6.40. The van der Waals surface area contributed by atoms with Crippen LogP contribution in [0, 0.1) is 0 Å². The molecule has 2 aromatic rings. The van der Waals surface area contributed by atoms with Crippen LogP contribution in [0.5, 0.6) is 5.75 Å². The lowest BCUT2D eigenvalue weighted by atomic mass is 10.2. The van der Waals surface area contributed by atoms with Crippen LogP contribution in [-0.2, 0) is 20.9 Å². The lowest BCUT2D eigenvalue weighted by Gasteiger charge is -2.25. The molecule has 0 radical (unpaired) electrons. The first-order valence-corrected chi connectivity index (χ1v) is 12.9. The lowest BCUT2D eigenvalue weighted by Crippen LogP contribution is -2.39. The SMILES string of the molecule is COc1ccccc1C=CCN1CC(=O)N(CCCN2CCCC2=O)CC(OCc2ccccc2)C1. The number of methoxy groups -OCH3 is 1. The number of benzene rings is 2. The highest BCUT2D eigenvalue weighted by Gasteiger charge is 2.28. The number of likely N-dealkylation sites (tertiary alicyclic amines) is 1. The minimum absolute atomic E-state index is 0.0928. The fourth-order valence-electron chi connectivity index (χ4n) is 4.82. The summed E-state index contributed by atoms with van der Waals surface area (Å²) >= 11 is 0. The Hall–Kier alpha value is -3.16. The van der Waals surface area contributed by atoms with Crippen LogP contribution in [0.25, 0.3) is 6.08 Å². The Balaban J connectivity index is 1.38. The average molecular weight is 492 g/mol. The number of rotatable bonds is 11. The molecule has 0 aromatic heterocycles. The Morgan fingerprint density at radius 3 is 2.50 bits per heavy atom. The van der Waals surface area contributed by atoms with Crippen molar-refractivity contribution in [3.63, 3.8) is 0 Å². The predicted molar refractivity (Wildman–Crippen MR) is 140 cm³/mol. The Morgan fingerprint density at radius 1 is 0.944 bits per heavy atom. The molecule has 1 unspecified atom stereocenters. The van der Waals surface area contributed by atoms with Crippen molar-refractivity contribution < 1.29 is 19.1 Å². The molecule has 2 aromatic carbocycles. The van der Waals surface area contributed by atoms with E-state index in [1.54, 1.807) is 7.11 Å². The molecule has 2 saturated heterocycles. The second-order valence-electron chi connectivity index (χ2n) is 9.43. The number of carbonyl (C=O) groups is 2. The topological polar surface area (TPSA) is 62.3 Å². The minimum Gasteiger partial charge on any atom is -0.496 e. The minimum atomic E-state index is -0.0928. The van der Waals surface area contributed by atoms with E-state index in [-0.39, 0.29) is 17.9 Å². The van der Waals surface area contributed by atoms with Crippen molar-refractivity contribution in [2.45, 2.75) is 32.0 Å². The summed E-state index contributed by atoms with van der Waals surface area (Å²) in [7, 11) is 1.67. The quantitative estimate of drug-likeness (QED) is 0.482. The zero-order chi connectivity index (χ0) is 25.2. The highest BCUT2D eigenvalue weighted by Crippen LogP contribution is 2.19. The smallest absolute Gasteiger partial charge is 0.236 e. The van der Waals surface area contributed by atoms with Crippen LogP contribution in [-0.4, -0.2) is 85.5 Å². The van der Waals surface area contributed by atoms with Gasteiger partial charge < -0.3 is 19.3 Å². The summed E-state index contributed by atoms with van der Waals surface area (Å²) in [4.78, 5) is 31.1. The van der Waals surface area contributed by atoms with Gasteiger partial charge in [-0.25, -0.2) is 0 Å². The van der Waals surface area contributed by atoms with Gasteiger partial charge in [0.15, 0.2) is 0 Å². The van der Waals surface area contributed by atoms with Gasteiger partial charge in [0.25, 0.3) is 0 Å².